The number of ether oxygens (including phenoxy) is 3. The van der Waals surface area contributed by atoms with Gasteiger partial charge in [0.2, 0.25) is 11.9 Å². The summed E-state index contributed by atoms with van der Waals surface area (Å²) in [4.78, 5) is 25.7. The fraction of sp³-hybridized carbons (Fsp3) is 0.296. The topological polar surface area (TPSA) is 118 Å². The maximum Gasteiger partial charge on any atom is 0.366 e. The third kappa shape index (κ3) is 5.93. The highest BCUT2D eigenvalue weighted by atomic mass is 19.1. The highest BCUT2D eigenvalue weighted by molar-refractivity contribution is 5.96. The predicted octanol–water partition coefficient (Wildman–Crippen LogP) is 3.40. The molecular weight excluding hydrogens is 502 g/mol. The number of aromatic hydroxyl groups is 1. The van der Waals surface area contributed by atoms with Crippen LogP contribution in [0.4, 0.5) is 8.78 Å². The summed E-state index contributed by atoms with van der Waals surface area (Å²) in [6.07, 6.45) is 0.211. The molecule has 3 aromatic rings. The molecule has 0 saturated carbocycles. The molecule has 11 heteroatoms. The number of hydrogen-bond donors (Lipinski definition) is 3. The molecule has 0 aliphatic carbocycles. The van der Waals surface area contributed by atoms with Gasteiger partial charge in [0.1, 0.15) is 29.5 Å². The molecule has 0 saturated heterocycles. The molecule has 3 rings (SSSR count). The molecule has 0 spiro atoms. The van der Waals surface area contributed by atoms with Gasteiger partial charge >= 0.3 is 17.6 Å². The molecule has 0 aliphatic rings. The zero-order valence-electron chi connectivity index (χ0n) is 21.5. The van der Waals surface area contributed by atoms with Crippen LogP contribution in [0.15, 0.2) is 48.7 Å². The van der Waals surface area contributed by atoms with E-state index < -0.39 is 53.0 Å². The lowest BCUT2D eigenvalue weighted by Crippen LogP contribution is -2.47. The van der Waals surface area contributed by atoms with Crippen molar-refractivity contribution >= 4 is 11.9 Å². The van der Waals surface area contributed by atoms with E-state index in [0.29, 0.717) is 21.4 Å². The molecule has 0 unspecified atom stereocenters. The molecule has 2 aromatic carbocycles. The fourth-order valence-electron chi connectivity index (χ4n) is 4.08. The van der Waals surface area contributed by atoms with E-state index in [0.717, 1.165) is 6.20 Å². The first kappa shape index (κ1) is 28.2. The average Bonchev–Trinajstić information content (AvgIpc) is 2.87. The van der Waals surface area contributed by atoms with E-state index in [1.165, 1.54) is 57.5 Å². The summed E-state index contributed by atoms with van der Waals surface area (Å²) >= 11 is 0. The third-order valence-electron chi connectivity index (χ3n) is 6.03. The van der Waals surface area contributed by atoms with Gasteiger partial charge in [-0.05, 0) is 44.0 Å². The summed E-state index contributed by atoms with van der Waals surface area (Å²) in [5.74, 6) is -3.89. The first-order chi connectivity index (χ1) is 18.0. The number of nitrogens with one attached hydrogen (secondary N) is 1. The van der Waals surface area contributed by atoms with E-state index in [9.17, 15) is 28.7 Å². The standard InChI is InChI=1S/C27H28F2N2O7/c1-14-12-17(6-9-20(14)29)23(19-8-7-18(28)13-22(19)37-5)16(3)38-27(34)15(2)30-26(33)24-25(32)21(36-4)10-11-31(24)35/h6-13,15-16,23H,1-5H3,(H2-,30,32,33,35)/p+1/t15-,16-,23+/m0/s1. The Morgan fingerprint density at radius 3 is 2.32 bits per heavy atom. The Hall–Kier alpha value is -4.41. The molecule has 0 bridgehead atoms. The van der Waals surface area contributed by atoms with Crippen molar-refractivity contribution in [2.45, 2.75) is 38.8 Å². The molecule has 1 heterocycles. The number of aromatic nitrogens is 1. The Bertz CT molecular complexity index is 1350. The van der Waals surface area contributed by atoms with Crippen LogP contribution in [0.5, 0.6) is 17.2 Å². The van der Waals surface area contributed by atoms with Crippen LogP contribution in [-0.2, 0) is 9.53 Å². The zero-order valence-corrected chi connectivity index (χ0v) is 21.5. The van der Waals surface area contributed by atoms with Crippen molar-refractivity contribution in [1.82, 2.24) is 5.32 Å². The van der Waals surface area contributed by atoms with E-state index in [2.05, 4.69) is 5.32 Å². The van der Waals surface area contributed by atoms with E-state index in [-0.39, 0.29) is 11.5 Å². The summed E-state index contributed by atoms with van der Waals surface area (Å²) in [6.45, 7) is 4.56. The van der Waals surface area contributed by atoms with Crippen molar-refractivity contribution in [2.24, 2.45) is 0 Å². The van der Waals surface area contributed by atoms with Crippen molar-refractivity contribution in [2.75, 3.05) is 14.2 Å². The minimum absolute atomic E-state index is 0.0602. The SMILES string of the molecule is COc1cc(F)ccc1[C@@H](c1ccc(F)c(C)c1)[C@H](C)OC(=O)[C@H](C)NC(=O)c1c(O)c(OC)cc[n+]1O. The van der Waals surface area contributed by atoms with Gasteiger partial charge in [-0.3, -0.25) is 10.0 Å². The lowest BCUT2D eigenvalue weighted by molar-refractivity contribution is -0.906. The van der Waals surface area contributed by atoms with E-state index in [4.69, 9.17) is 14.2 Å². The van der Waals surface area contributed by atoms with Crippen LogP contribution in [-0.4, -0.2) is 48.6 Å². The van der Waals surface area contributed by atoms with Crippen LogP contribution < -0.4 is 19.5 Å². The molecule has 3 N–H and O–H groups in total. The van der Waals surface area contributed by atoms with Crippen LogP contribution in [0.2, 0.25) is 0 Å². The second kappa shape index (κ2) is 11.8. The van der Waals surface area contributed by atoms with Gasteiger partial charge in [0.15, 0.2) is 5.75 Å². The number of hydrogen-bond acceptors (Lipinski definition) is 7. The molecule has 1 amide bonds. The Balaban J connectivity index is 1.87. The van der Waals surface area contributed by atoms with Gasteiger partial charge in [0.25, 0.3) is 0 Å². The number of methoxy groups -OCH3 is 2. The van der Waals surface area contributed by atoms with Crippen molar-refractivity contribution < 1.29 is 47.6 Å². The number of esters is 1. The van der Waals surface area contributed by atoms with Crippen molar-refractivity contribution in [3.8, 4) is 17.2 Å². The molecule has 0 fully saturated rings. The maximum atomic E-state index is 14.0. The van der Waals surface area contributed by atoms with Gasteiger partial charge in [0, 0.05) is 22.3 Å². The number of halogens is 2. The molecule has 0 aliphatic heterocycles. The Morgan fingerprint density at radius 2 is 1.68 bits per heavy atom. The molecule has 9 nitrogen and oxygen atoms in total. The van der Waals surface area contributed by atoms with Gasteiger partial charge in [-0.1, -0.05) is 18.2 Å². The van der Waals surface area contributed by atoms with Crippen LogP contribution in [0.25, 0.3) is 0 Å². The van der Waals surface area contributed by atoms with Gasteiger partial charge in [-0.25, -0.2) is 13.6 Å². The van der Waals surface area contributed by atoms with Gasteiger partial charge in [-0.15, -0.1) is 0 Å². The normalized spacial score (nSPS) is 13.2. The number of pyridine rings is 1. The first-order valence-corrected chi connectivity index (χ1v) is 11.6. The van der Waals surface area contributed by atoms with E-state index >= 15 is 0 Å². The monoisotopic (exact) mass is 531 g/mol. The lowest BCUT2D eigenvalue weighted by Gasteiger charge is -2.28. The predicted molar refractivity (Wildman–Crippen MR) is 130 cm³/mol. The van der Waals surface area contributed by atoms with E-state index in [1.54, 1.807) is 19.9 Å². The van der Waals surface area contributed by atoms with E-state index in [1.807, 2.05) is 0 Å². The molecule has 202 valence electrons. The molecule has 1 aromatic heterocycles. The van der Waals surface area contributed by atoms with Gasteiger partial charge < -0.3 is 24.6 Å². The van der Waals surface area contributed by atoms with Gasteiger partial charge in [-0.2, -0.15) is 0 Å². The summed E-state index contributed by atoms with van der Waals surface area (Å²) in [7, 11) is 2.65. The molecule has 38 heavy (non-hydrogen) atoms. The second-order valence-electron chi connectivity index (χ2n) is 8.64. The molecular formula is C27H29F2N2O7+. The number of carbonyl (C=O) groups is 2. The minimum Gasteiger partial charge on any atom is -0.499 e. The summed E-state index contributed by atoms with van der Waals surface area (Å²) < 4.78 is 44.3. The molecule has 3 atom stereocenters. The minimum atomic E-state index is -1.21. The number of rotatable bonds is 9. The first-order valence-electron chi connectivity index (χ1n) is 11.6. The van der Waals surface area contributed by atoms with Crippen LogP contribution in [0.3, 0.4) is 0 Å². The van der Waals surface area contributed by atoms with Crippen LogP contribution >= 0.6 is 0 Å². The third-order valence-corrected chi connectivity index (χ3v) is 6.03. The number of carbonyl (C=O) groups excluding carboxylic acids is 2. The highest BCUT2D eigenvalue weighted by Gasteiger charge is 2.33. The summed E-state index contributed by atoms with van der Waals surface area (Å²) in [5.41, 5.74) is 0.906. The summed E-state index contributed by atoms with van der Waals surface area (Å²) in [5, 5.41) is 22.6. The second-order valence-corrected chi connectivity index (χ2v) is 8.64. The Morgan fingerprint density at radius 1 is 1.00 bits per heavy atom. The van der Waals surface area contributed by atoms with Crippen molar-refractivity contribution in [3.63, 3.8) is 0 Å². The quantitative estimate of drug-likeness (QED) is 0.220. The number of amides is 1. The highest BCUT2D eigenvalue weighted by Crippen LogP contribution is 2.37. The fourth-order valence-corrected chi connectivity index (χ4v) is 4.08. The molecule has 0 radical (unpaired) electrons. The maximum absolute atomic E-state index is 14.0. The Labute approximate surface area is 218 Å². The average molecular weight is 532 g/mol. The zero-order chi connectivity index (χ0) is 28.1. The van der Waals surface area contributed by atoms with Crippen LogP contribution in [0, 0.1) is 18.6 Å². The number of benzene rings is 2. The van der Waals surface area contributed by atoms with Crippen molar-refractivity contribution in [1.29, 1.82) is 0 Å². The smallest absolute Gasteiger partial charge is 0.366 e. The van der Waals surface area contributed by atoms with Crippen LogP contribution in [0.1, 0.15) is 46.9 Å². The lowest BCUT2D eigenvalue weighted by atomic mass is 9.85. The van der Waals surface area contributed by atoms with Gasteiger partial charge in [0.05, 0.1) is 20.3 Å². The van der Waals surface area contributed by atoms with Crippen molar-refractivity contribution in [3.05, 3.63) is 82.7 Å². The number of aryl methyl sites for hydroxylation is 1. The largest absolute Gasteiger partial charge is 0.499 e. The number of nitrogens with zero attached hydrogens (tertiary/aromatic N) is 1. The summed E-state index contributed by atoms with van der Waals surface area (Å²) in [6, 6.07) is 8.40. The Kier molecular flexibility index (Phi) is 8.72.